The number of nitrogens with one attached hydrogen (secondary N) is 1. The molecule has 3 heteroatoms. The monoisotopic (exact) mass is 275 g/mol. The standard InChI is InChI=1S/C17H25NO2/c1-12-8-9-15(13(2)10-12)16(19)11-18-17(20)14-6-4-3-5-7-14/h8-10,14,16,19H,3-7,11H2,1-2H3,(H,18,20). The van der Waals surface area contributed by atoms with Crippen molar-refractivity contribution in [3.63, 3.8) is 0 Å². The smallest absolute Gasteiger partial charge is 0.223 e. The van der Waals surface area contributed by atoms with Gasteiger partial charge in [-0.25, -0.2) is 0 Å². The predicted molar refractivity (Wildman–Crippen MR) is 80.5 cm³/mol. The zero-order valence-electron chi connectivity index (χ0n) is 12.5. The Bertz CT molecular complexity index is 464. The molecule has 1 aliphatic carbocycles. The molecule has 20 heavy (non-hydrogen) atoms. The van der Waals surface area contributed by atoms with Crippen molar-refractivity contribution in [2.45, 2.75) is 52.1 Å². The Kier molecular flexibility index (Phi) is 5.18. The van der Waals surface area contributed by atoms with Crippen molar-refractivity contribution in [1.82, 2.24) is 5.32 Å². The van der Waals surface area contributed by atoms with Crippen LogP contribution in [-0.4, -0.2) is 17.6 Å². The topological polar surface area (TPSA) is 49.3 Å². The van der Waals surface area contributed by atoms with Crippen LogP contribution in [0.1, 0.15) is 54.9 Å². The van der Waals surface area contributed by atoms with Gasteiger partial charge in [-0.15, -0.1) is 0 Å². The highest BCUT2D eigenvalue weighted by atomic mass is 16.3. The number of amides is 1. The third-order valence-electron chi connectivity index (χ3n) is 4.23. The largest absolute Gasteiger partial charge is 0.387 e. The summed E-state index contributed by atoms with van der Waals surface area (Å²) in [4.78, 5) is 12.1. The molecule has 2 N–H and O–H groups in total. The second-order valence-corrected chi connectivity index (χ2v) is 5.96. The molecular weight excluding hydrogens is 250 g/mol. The molecule has 1 aliphatic rings. The first-order valence-corrected chi connectivity index (χ1v) is 7.61. The van der Waals surface area contributed by atoms with E-state index in [1.54, 1.807) is 0 Å². The lowest BCUT2D eigenvalue weighted by Gasteiger charge is -2.22. The van der Waals surface area contributed by atoms with Gasteiger partial charge in [-0.05, 0) is 37.8 Å². The first kappa shape index (κ1) is 15.0. The van der Waals surface area contributed by atoms with Crippen molar-refractivity contribution in [1.29, 1.82) is 0 Å². The highest BCUT2D eigenvalue weighted by Gasteiger charge is 2.21. The molecule has 0 aliphatic heterocycles. The van der Waals surface area contributed by atoms with Crippen molar-refractivity contribution in [2.75, 3.05) is 6.54 Å². The molecule has 2 rings (SSSR count). The van der Waals surface area contributed by atoms with Gasteiger partial charge in [0.25, 0.3) is 0 Å². The van der Waals surface area contributed by atoms with Crippen molar-refractivity contribution in [3.8, 4) is 0 Å². The van der Waals surface area contributed by atoms with Crippen molar-refractivity contribution in [3.05, 3.63) is 34.9 Å². The van der Waals surface area contributed by atoms with E-state index in [4.69, 9.17) is 0 Å². The highest BCUT2D eigenvalue weighted by Crippen LogP contribution is 2.24. The zero-order chi connectivity index (χ0) is 14.5. The van der Waals surface area contributed by atoms with Crippen LogP contribution in [0.25, 0.3) is 0 Å². The second-order valence-electron chi connectivity index (χ2n) is 5.96. The van der Waals surface area contributed by atoms with E-state index < -0.39 is 6.10 Å². The van der Waals surface area contributed by atoms with Gasteiger partial charge in [-0.3, -0.25) is 4.79 Å². The number of benzene rings is 1. The molecule has 0 aromatic heterocycles. The molecule has 0 bridgehead atoms. The molecule has 3 nitrogen and oxygen atoms in total. The lowest BCUT2D eigenvalue weighted by molar-refractivity contribution is -0.126. The third-order valence-corrected chi connectivity index (χ3v) is 4.23. The van der Waals surface area contributed by atoms with Gasteiger partial charge in [0.1, 0.15) is 0 Å². The first-order valence-electron chi connectivity index (χ1n) is 7.61. The Balaban J connectivity index is 1.87. The molecule has 1 amide bonds. The lowest BCUT2D eigenvalue weighted by atomic mass is 9.88. The Morgan fingerprint density at radius 1 is 1.30 bits per heavy atom. The Hall–Kier alpha value is -1.35. The van der Waals surface area contributed by atoms with Crippen LogP contribution in [0.3, 0.4) is 0 Å². The fraction of sp³-hybridized carbons (Fsp3) is 0.588. The summed E-state index contributed by atoms with van der Waals surface area (Å²) in [7, 11) is 0. The van der Waals surface area contributed by atoms with E-state index in [0.29, 0.717) is 6.54 Å². The minimum absolute atomic E-state index is 0.105. The van der Waals surface area contributed by atoms with Gasteiger partial charge in [-0.1, -0.05) is 43.0 Å². The maximum Gasteiger partial charge on any atom is 0.223 e. The number of carbonyl (C=O) groups excluding carboxylic acids is 1. The maximum absolute atomic E-state index is 12.1. The number of hydrogen-bond donors (Lipinski definition) is 2. The van der Waals surface area contributed by atoms with E-state index in [2.05, 4.69) is 11.4 Å². The van der Waals surface area contributed by atoms with Crippen molar-refractivity contribution >= 4 is 5.91 Å². The molecule has 1 aromatic carbocycles. The lowest BCUT2D eigenvalue weighted by Crippen LogP contribution is -2.34. The molecule has 1 saturated carbocycles. The van der Waals surface area contributed by atoms with Gasteiger partial charge in [0.2, 0.25) is 5.91 Å². The van der Waals surface area contributed by atoms with E-state index >= 15 is 0 Å². The number of rotatable bonds is 4. The van der Waals surface area contributed by atoms with Crippen LogP contribution >= 0.6 is 0 Å². The summed E-state index contributed by atoms with van der Waals surface area (Å²) in [5, 5.41) is 13.1. The van der Waals surface area contributed by atoms with Crippen LogP contribution in [0, 0.1) is 19.8 Å². The number of aliphatic hydroxyl groups is 1. The summed E-state index contributed by atoms with van der Waals surface area (Å²) in [6.07, 6.45) is 4.91. The summed E-state index contributed by atoms with van der Waals surface area (Å²) >= 11 is 0. The Morgan fingerprint density at radius 3 is 2.65 bits per heavy atom. The maximum atomic E-state index is 12.1. The van der Waals surface area contributed by atoms with Crippen LogP contribution in [0.2, 0.25) is 0 Å². The van der Waals surface area contributed by atoms with Gasteiger partial charge in [0.15, 0.2) is 0 Å². The van der Waals surface area contributed by atoms with E-state index in [9.17, 15) is 9.90 Å². The van der Waals surface area contributed by atoms with Gasteiger partial charge in [0, 0.05) is 12.5 Å². The second kappa shape index (κ2) is 6.89. The summed E-state index contributed by atoms with van der Waals surface area (Å²) in [5.74, 6) is 0.253. The number of hydrogen-bond acceptors (Lipinski definition) is 2. The minimum Gasteiger partial charge on any atom is -0.387 e. The van der Waals surface area contributed by atoms with E-state index in [1.807, 2.05) is 26.0 Å². The molecule has 0 saturated heterocycles. The van der Waals surface area contributed by atoms with Crippen molar-refractivity contribution < 1.29 is 9.90 Å². The molecule has 1 fully saturated rings. The summed E-state index contributed by atoms with van der Waals surface area (Å²) in [6, 6.07) is 6.00. The summed E-state index contributed by atoms with van der Waals surface area (Å²) < 4.78 is 0. The van der Waals surface area contributed by atoms with Gasteiger partial charge in [0.05, 0.1) is 6.10 Å². The van der Waals surface area contributed by atoms with Crippen LogP contribution in [0.4, 0.5) is 0 Å². The Labute approximate surface area is 121 Å². The molecule has 1 atom stereocenters. The van der Waals surface area contributed by atoms with Crippen molar-refractivity contribution in [2.24, 2.45) is 5.92 Å². The average Bonchev–Trinajstić information content (AvgIpc) is 2.45. The first-order chi connectivity index (χ1) is 9.58. The SMILES string of the molecule is Cc1ccc(C(O)CNC(=O)C2CCCCC2)c(C)c1. The van der Waals surface area contributed by atoms with Crippen LogP contribution in [-0.2, 0) is 4.79 Å². The van der Waals surface area contributed by atoms with E-state index in [-0.39, 0.29) is 11.8 Å². The summed E-state index contributed by atoms with van der Waals surface area (Å²) in [6.45, 7) is 4.34. The molecule has 110 valence electrons. The fourth-order valence-electron chi connectivity index (χ4n) is 3.02. The average molecular weight is 275 g/mol. The molecule has 1 unspecified atom stereocenters. The third kappa shape index (κ3) is 3.83. The van der Waals surface area contributed by atoms with Gasteiger partial charge < -0.3 is 10.4 Å². The highest BCUT2D eigenvalue weighted by molar-refractivity contribution is 5.78. The predicted octanol–water partition coefficient (Wildman–Crippen LogP) is 3.03. The summed E-state index contributed by atoms with van der Waals surface area (Å²) in [5.41, 5.74) is 3.16. The van der Waals surface area contributed by atoms with Crippen LogP contribution in [0.15, 0.2) is 18.2 Å². The van der Waals surface area contributed by atoms with Crippen LogP contribution in [0.5, 0.6) is 0 Å². The Morgan fingerprint density at radius 2 is 2.00 bits per heavy atom. The van der Waals surface area contributed by atoms with E-state index in [1.165, 1.54) is 12.0 Å². The molecule has 1 aromatic rings. The molecule has 0 radical (unpaired) electrons. The number of aliphatic hydroxyl groups excluding tert-OH is 1. The molecule has 0 spiro atoms. The quantitative estimate of drug-likeness (QED) is 0.887. The molecule has 0 heterocycles. The van der Waals surface area contributed by atoms with E-state index in [0.717, 1.165) is 36.8 Å². The minimum atomic E-state index is -0.622. The van der Waals surface area contributed by atoms with Crippen LogP contribution < -0.4 is 5.32 Å². The number of aryl methyl sites for hydroxylation is 2. The van der Waals surface area contributed by atoms with Gasteiger partial charge in [-0.2, -0.15) is 0 Å². The fourth-order valence-corrected chi connectivity index (χ4v) is 3.02. The zero-order valence-corrected chi connectivity index (χ0v) is 12.5. The van der Waals surface area contributed by atoms with Gasteiger partial charge >= 0.3 is 0 Å². The molecular formula is C17H25NO2. The number of carbonyl (C=O) groups is 1. The normalized spacial score (nSPS) is 17.8.